The highest BCUT2D eigenvalue weighted by molar-refractivity contribution is 8.93. The Kier molecular flexibility index (Phi) is 9.99. The van der Waals surface area contributed by atoms with Gasteiger partial charge < -0.3 is 15.4 Å². The van der Waals surface area contributed by atoms with Gasteiger partial charge in [0.25, 0.3) is 11.8 Å². The molecular weight excluding hydrogens is 486 g/mol. The first-order valence-electron chi connectivity index (χ1n) is 10.1. The van der Waals surface area contributed by atoms with E-state index in [9.17, 15) is 9.59 Å². The fraction of sp³-hybridized carbons (Fsp3) is 0.208. The molecule has 0 spiro atoms. The van der Waals surface area contributed by atoms with E-state index in [1.165, 1.54) is 6.20 Å². The Morgan fingerprint density at radius 1 is 1.09 bits per heavy atom. The van der Waals surface area contributed by atoms with Gasteiger partial charge in [-0.3, -0.25) is 14.6 Å². The molecule has 0 fully saturated rings. The first-order chi connectivity index (χ1) is 15.6. The highest BCUT2D eigenvalue weighted by atomic mass is 79.9. The SMILES string of the molecule is Br.Cc1ccc(C(=O)NCCCC#N)cc1NC(=O)c1ccc(OCc2ccccn2)cn1. The van der Waals surface area contributed by atoms with Crippen LogP contribution in [0.1, 0.15) is 44.9 Å². The molecule has 3 aromatic rings. The number of aryl methyl sites for hydroxylation is 1. The van der Waals surface area contributed by atoms with Gasteiger partial charge in [0.1, 0.15) is 18.1 Å². The minimum atomic E-state index is -0.393. The number of pyridine rings is 2. The average molecular weight is 510 g/mol. The van der Waals surface area contributed by atoms with E-state index >= 15 is 0 Å². The van der Waals surface area contributed by atoms with Crippen molar-refractivity contribution in [2.45, 2.75) is 26.4 Å². The maximum absolute atomic E-state index is 12.6. The molecule has 2 N–H and O–H groups in total. The second-order valence-corrected chi connectivity index (χ2v) is 6.99. The summed E-state index contributed by atoms with van der Waals surface area (Å²) in [6.45, 7) is 2.56. The minimum Gasteiger partial charge on any atom is -0.486 e. The van der Waals surface area contributed by atoms with Crippen molar-refractivity contribution in [3.63, 3.8) is 0 Å². The number of amides is 2. The van der Waals surface area contributed by atoms with Crippen LogP contribution in [-0.2, 0) is 6.61 Å². The standard InChI is InChI=1S/C24H23N5O3.BrH/c1-17-7-8-18(23(30)27-13-5-3-11-25)14-22(17)29-24(31)21-10-9-20(15-28-21)32-16-19-6-2-4-12-26-19;/h2,4,6-10,12,14-15H,3,5,13,16H2,1H3,(H,27,30)(H,29,31);1H. The molecule has 2 heterocycles. The lowest BCUT2D eigenvalue weighted by Gasteiger charge is -2.11. The fourth-order valence-electron chi connectivity index (χ4n) is 2.80. The second-order valence-electron chi connectivity index (χ2n) is 6.99. The molecule has 0 aliphatic carbocycles. The monoisotopic (exact) mass is 509 g/mol. The van der Waals surface area contributed by atoms with E-state index in [-0.39, 0.29) is 28.6 Å². The molecule has 0 unspecified atom stereocenters. The topological polar surface area (TPSA) is 117 Å². The van der Waals surface area contributed by atoms with Crippen molar-refractivity contribution in [3.8, 4) is 11.8 Å². The molecule has 2 amide bonds. The third-order valence-electron chi connectivity index (χ3n) is 4.58. The summed E-state index contributed by atoms with van der Waals surface area (Å²) in [5, 5.41) is 14.1. The van der Waals surface area contributed by atoms with E-state index in [1.807, 2.05) is 31.2 Å². The molecule has 0 aliphatic heterocycles. The number of nitriles is 1. The van der Waals surface area contributed by atoms with Gasteiger partial charge in [-0.25, -0.2) is 4.98 Å². The highest BCUT2D eigenvalue weighted by Gasteiger charge is 2.12. The van der Waals surface area contributed by atoms with Crippen LogP contribution in [0.4, 0.5) is 5.69 Å². The number of carbonyl (C=O) groups is 2. The molecule has 0 saturated heterocycles. The van der Waals surface area contributed by atoms with E-state index in [1.54, 1.807) is 36.5 Å². The van der Waals surface area contributed by atoms with Crippen LogP contribution >= 0.6 is 17.0 Å². The summed E-state index contributed by atoms with van der Waals surface area (Å²) in [5.41, 5.74) is 2.78. The van der Waals surface area contributed by atoms with Crippen molar-refractivity contribution in [3.05, 3.63) is 83.4 Å². The van der Waals surface area contributed by atoms with E-state index in [0.29, 0.717) is 43.0 Å². The van der Waals surface area contributed by atoms with E-state index in [0.717, 1.165) is 11.3 Å². The molecule has 0 radical (unpaired) electrons. The summed E-state index contributed by atoms with van der Waals surface area (Å²) in [4.78, 5) is 33.3. The lowest BCUT2D eigenvalue weighted by atomic mass is 10.1. The first-order valence-corrected chi connectivity index (χ1v) is 10.1. The Labute approximate surface area is 202 Å². The second kappa shape index (κ2) is 12.9. The summed E-state index contributed by atoms with van der Waals surface area (Å²) < 4.78 is 5.63. The third-order valence-corrected chi connectivity index (χ3v) is 4.58. The van der Waals surface area contributed by atoms with Crippen molar-refractivity contribution in [1.82, 2.24) is 15.3 Å². The number of aromatic nitrogens is 2. The van der Waals surface area contributed by atoms with Gasteiger partial charge in [0.2, 0.25) is 0 Å². The zero-order valence-corrected chi connectivity index (χ0v) is 19.8. The van der Waals surface area contributed by atoms with E-state index in [2.05, 4.69) is 20.6 Å². The van der Waals surface area contributed by atoms with Crippen LogP contribution in [0.25, 0.3) is 0 Å². The smallest absolute Gasteiger partial charge is 0.274 e. The number of anilines is 1. The molecule has 0 bridgehead atoms. The van der Waals surface area contributed by atoms with Gasteiger partial charge in [-0.2, -0.15) is 5.26 Å². The van der Waals surface area contributed by atoms with Gasteiger partial charge in [-0.15, -0.1) is 17.0 Å². The summed E-state index contributed by atoms with van der Waals surface area (Å²) in [6.07, 6.45) is 4.15. The Bertz CT molecular complexity index is 1120. The van der Waals surface area contributed by atoms with Crippen molar-refractivity contribution >= 4 is 34.5 Å². The van der Waals surface area contributed by atoms with Crippen LogP contribution in [0.3, 0.4) is 0 Å². The number of rotatable bonds is 9. The molecule has 0 aliphatic rings. The zero-order valence-electron chi connectivity index (χ0n) is 18.1. The lowest BCUT2D eigenvalue weighted by molar-refractivity contribution is 0.0951. The van der Waals surface area contributed by atoms with Crippen LogP contribution in [0, 0.1) is 18.3 Å². The van der Waals surface area contributed by atoms with Gasteiger partial charge in [0.15, 0.2) is 0 Å². The number of hydrogen-bond donors (Lipinski definition) is 2. The molecule has 2 aromatic heterocycles. The van der Waals surface area contributed by atoms with Gasteiger partial charge in [-0.1, -0.05) is 12.1 Å². The summed E-state index contributed by atoms with van der Waals surface area (Å²) in [5.74, 6) is -0.125. The van der Waals surface area contributed by atoms with Crippen LogP contribution < -0.4 is 15.4 Å². The van der Waals surface area contributed by atoms with Crippen molar-refractivity contribution < 1.29 is 14.3 Å². The number of halogens is 1. The number of ether oxygens (including phenoxy) is 1. The Morgan fingerprint density at radius 2 is 1.94 bits per heavy atom. The van der Waals surface area contributed by atoms with Crippen molar-refractivity contribution in [1.29, 1.82) is 5.26 Å². The number of carbonyl (C=O) groups excluding carboxylic acids is 2. The number of hydrogen-bond acceptors (Lipinski definition) is 6. The van der Waals surface area contributed by atoms with Gasteiger partial charge in [0, 0.05) is 30.4 Å². The van der Waals surface area contributed by atoms with Crippen LogP contribution in [0.15, 0.2) is 60.9 Å². The summed E-state index contributed by atoms with van der Waals surface area (Å²) >= 11 is 0. The number of benzene rings is 1. The Hall–Kier alpha value is -3.77. The number of nitrogens with zero attached hydrogens (tertiary/aromatic N) is 3. The lowest BCUT2D eigenvalue weighted by Crippen LogP contribution is -2.24. The van der Waals surface area contributed by atoms with Gasteiger partial charge in [-0.05, 0) is 55.3 Å². The molecule has 170 valence electrons. The first kappa shape index (κ1) is 25.5. The Morgan fingerprint density at radius 3 is 2.64 bits per heavy atom. The fourth-order valence-corrected chi connectivity index (χ4v) is 2.80. The number of unbranched alkanes of at least 4 members (excludes halogenated alkanes) is 1. The third kappa shape index (κ3) is 7.70. The van der Waals surface area contributed by atoms with Gasteiger partial charge in [0.05, 0.1) is 18.0 Å². The van der Waals surface area contributed by atoms with Crippen LogP contribution in [0.2, 0.25) is 0 Å². The molecule has 0 atom stereocenters. The quantitative estimate of drug-likeness (QED) is 0.416. The zero-order chi connectivity index (χ0) is 22.8. The molecule has 8 nitrogen and oxygen atoms in total. The molecule has 33 heavy (non-hydrogen) atoms. The maximum Gasteiger partial charge on any atom is 0.274 e. The number of nitrogens with one attached hydrogen (secondary N) is 2. The summed E-state index contributed by atoms with van der Waals surface area (Å²) in [7, 11) is 0. The van der Waals surface area contributed by atoms with Crippen LogP contribution in [-0.4, -0.2) is 28.3 Å². The average Bonchev–Trinajstić information content (AvgIpc) is 2.82. The van der Waals surface area contributed by atoms with Crippen molar-refractivity contribution in [2.24, 2.45) is 0 Å². The Balaban J connectivity index is 0.00000385. The molecule has 0 saturated carbocycles. The van der Waals surface area contributed by atoms with E-state index in [4.69, 9.17) is 10.00 Å². The molecule has 1 aromatic carbocycles. The maximum atomic E-state index is 12.6. The summed E-state index contributed by atoms with van der Waals surface area (Å²) in [6, 6.07) is 15.9. The van der Waals surface area contributed by atoms with Gasteiger partial charge >= 0.3 is 0 Å². The predicted octanol–water partition coefficient (Wildman–Crippen LogP) is 4.23. The van der Waals surface area contributed by atoms with Crippen LogP contribution in [0.5, 0.6) is 5.75 Å². The molecule has 3 rings (SSSR count). The van der Waals surface area contributed by atoms with E-state index < -0.39 is 5.91 Å². The normalized spacial score (nSPS) is 9.82. The molecular formula is C24H24BrN5O3. The highest BCUT2D eigenvalue weighted by Crippen LogP contribution is 2.19. The predicted molar refractivity (Wildman–Crippen MR) is 129 cm³/mol. The minimum absolute atomic E-state index is 0. The molecule has 9 heteroatoms. The largest absolute Gasteiger partial charge is 0.486 e. The van der Waals surface area contributed by atoms with Crippen molar-refractivity contribution in [2.75, 3.05) is 11.9 Å².